The zero-order chi connectivity index (χ0) is 51.5. The van der Waals surface area contributed by atoms with Gasteiger partial charge in [0.2, 0.25) is 0 Å². The second-order valence-electron chi connectivity index (χ2n) is 15.9. The molecule has 0 unspecified atom stereocenters. The maximum atomic E-state index is 13.8. The first kappa shape index (κ1) is 52.5. The van der Waals surface area contributed by atoms with Crippen LogP contribution < -0.4 is 21.5 Å². The van der Waals surface area contributed by atoms with Crippen molar-refractivity contribution in [2.45, 2.75) is 25.8 Å². The highest BCUT2D eigenvalue weighted by Gasteiger charge is 2.30. The summed E-state index contributed by atoms with van der Waals surface area (Å²) in [7, 11) is 1.62. The van der Waals surface area contributed by atoms with E-state index < -0.39 is 23.4 Å². The van der Waals surface area contributed by atoms with Gasteiger partial charge in [0.1, 0.15) is 17.4 Å². The van der Waals surface area contributed by atoms with Gasteiger partial charge in [-0.2, -0.15) is 13.2 Å². The lowest BCUT2D eigenvalue weighted by Crippen LogP contribution is -2.22. The summed E-state index contributed by atoms with van der Waals surface area (Å²) in [5.74, 6) is -0.546. The molecule has 0 spiro atoms. The fraction of sp³-hybridized carbons (Fsp3) is 0.0909. The number of rotatable bonds is 10. The van der Waals surface area contributed by atoms with Crippen LogP contribution in [0.1, 0.15) is 22.3 Å². The van der Waals surface area contributed by atoms with E-state index >= 15 is 0 Å². The number of hydrogen-bond acceptors (Lipinski definition) is 5. The highest BCUT2D eigenvalue weighted by atomic mass is 35.5. The van der Waals surface area contributed by atoms with Gasteiger partial charge >= 0.3 is 11.9 Å². The minimum Gasteiger partial charge on any atom is -0.497 e. The lowest BCUT2D eigenvalue weighted by Gasteiger charge is -2.11. The quantitative estimate of drug-likeness (QED) is 0.127. The van der Waals surface area contributed by atoms with Crippen molar-refractivity contribution in [3.63, 3.8) is 0 Å². The predicted octanol–water partition coefficient (Wildman–Crippen LogP) is 14.0. The fourth-order valence-corrected chi connectivity index (χ4v) is 7.87. The Kier molecular flexibility index (Phi) is 17.3. The lowest BCUT2D eigenvalue weighted by molar-refractivity contribution is -0.137. The number of halogens is 9. The van der Waals surface area contributed by atoms with Gasteiger partial charge in [-0.15, -0.1) is 0 Å². The molecule has 0 saturated heterocycles. The summed E-state index contributed by atoms with van der Waals surface area (Å²) >= 11 is 23.8. The predicted molar refractivity (Wildman–Crippen MR) is 274 cm³/mol. The first-order valence-corrected chi connectivity index (χ1v) is 23.1. The average Bonchev–Trinajstić information content (AvgIpc) is 3.36. The highest BCUT2D eigenvalue weighted by molar-refractivity contribution is 6.35. The Morgan fingerprint density at radius 2 is 1.01 bits per heavy atom. The van der Waals surface area contributed by atoms with Crippen LogP contribution in [0.5, 0.6) is 5.75 Å². The van der Waals surface area contributed by atoms with Gasteiger partial charge in [0.25, 0.3) is 11.1 Å². The number of nitrogens with zero attached hydrogens (tertiary/aromatic N) is 4. The van der Waals surface area contributed by atoms with Gasteiger partial charge < -0.3 is 13.9 Å². The van der Waals surface area contributed by atoms with E-state index in [0.29, 0.717) is 32.2 Å². The van der Waals surface area contributed by atoms with Crippen LogP contribution in [0, 0.1) is 11.6 Å². The molecule has 3 heterocycles. The second-order valence-corrected chi connectivity index (χ2v) is 17.6. The Hall–Kier alpha value is -7.29. The standard InChI is InChI=1S/C19H13ClF3NO.C18H14Cl2N2O2.C18H12ClF2NO/c20-17-7-4-14(5-8-17)15-6-9-18(25)24(12-15)11-13-2-1-3-16(10-13)19(21,22)23;1-24-16-6-3-12(4-7-16)14-9-21-18(23)22(11-14)10-13-2-5-15(19)8-17(13)20;19-15-5-1-12(2-6-15)13-4-8-18(23)22(10-13)11-14-3-7-16(20)9-17(14)21/h1-10,12H,11H2;2-9,11H,10H2,1H3;1-10H,11H2. The van der Waals surface area contributed by atoms with Crippen molar-refractivity contribution in [2.24, 2.45) is 0 Å². The summed E-state index contributed by atoms with van der Waals surface area (Å²) in [6.45, 7) is 0.419. The van der Waals surface area contributed by atoms with Crippen molar-refractivity contribution in [3.8, 4) is 39.1 Å². The van der Waals surface area contributed by atoms with Crippen molar-refractivity contribution < 1.29 is 26.7 Å². The number of pyridine rings is 2. The molecular formula is C55H39Cl4F5N4O4. The first-order valence-electron chi connectivity index (χ1n) is 21.6. The average molecular weight is 1060 g/mol. The Bertz CT molecular complexity index is 3510. The number of ether oxygens (including phenoxy) is 1. The molecule has 0 radical (unpaired) electrons. The summed E-state index contributed by atoms with van der Waals surface area (Å²) in [4.78, 5) is 40.0. The van der Waals surface area contributed by atoms with Crippen molar-refractivity contribution >= 4 is 46.4 Å². The number of aromatic nitrogens is 4. The van der Waals surface area contributed by atoms with Crippen LogP contribution in [-0.4, -0.2) is 25.8 Å². The molecule has 6 aromatic carbocycles. The van der Waals surface area contributed by atoms with Crippen LogP contribution >= 0.6 is 46.4 Å². The van der Waals surface area contributed by atoms with Gasteiger partial charge in [-0.3, -0.25) is 14.2 Å². The third kappa shape index (κ3) is 14.2. The van der Waals surface area contributed by atoms with Gasteiger partial charge in [0, 0.05) is 74.2 Å². The molecule has 17 heteroatoms. The third-order valence-electron chi connectivity index (χ3n) is 10.9. The van der Waals surface area contributed by atoms with E-state index in [4.69, 9.17) is 51.1 Å². The molecule has 8 nitrogen and oxygen atoms in total. The molecule has 0 aliphatic rings. The van der Waals surface area contributed by atoms with Crippen molar-refractivity contribution in [1.29, 1.82) is 0 Å². The molecule has 0 saturated carbocycles. The van der Waals surface area contributed by atoms with Gasteiger partial charge in [-0.25, -0.2) is 18.6 Å². The van der Waals surface area contributed by atoms with E-state index in [0.717, 1.165) is 62.9 Å². The SMILES string of the molecule is COc1ccc(-c2cnc(=O)n(Cc3ccc(Cl)cc3Cl)c2)cc1.O=c1ccc(-c2ccc(Cl)cc2)cn1Cc1ccc(F)cc1F.O=c1ccc(-c2ccc(Cl)cc2)cn1Cc1cccc(C(F)(F)F)c1. The molecule has 0 atom stereocenters. The molecule has 9 aromatic rings. The smallest absolute Gasteiger partial charge is 0.416 e. The minimum atomic E-state index is -4.41. The van der Waals surface area contributed by atoms with Crippen LogP contribution in [0.25, 0.3) is 33.4 Å². The van der Waals surface area contributed by atoms with Gasteiger partial charge in [0.15, 0.2) is 0 Å². The molecule has 0 N–H and O–H groups in total. The van der Waals surface area contributed by atoms with E-state index in [-0.39, 0.29) is 35.5 Å². The van der Waals surface area contributed by atoms with E-state index in [1.807, 2.05) is 48.5 Å². The number of alkyl halides is 3. The van der Waals surface area contributed by atoms with Crippen LogP contribution in [0.3, 0.4) is 0 Å². The van der Waals surface area contributed by atoms with Gasteiger partial charge in [0.05, 0.1) is 32.3 Å². The van der Waals surface area contributed by atoms with Crippen LogP contribution in [-0.2, 0) is 25.8 Å². The summed E-state index contributed by atoms with van der Waals surface area (Å²) in [6.07, 6.45) is 2.19. The molecule has 0 aliphatic carbocycles. The number of benzene rings is 6. The fourth-order valence-electron chi connectivity index (χ4n) is 7.15. The van der Waals surface area contributed by atoms with E-state index in [9.17, 15) is 36.3 Å². The molecule has 9 rings (SSSR count). The van der Waals surface area contributed by atoms with Gasteiger partial charge in [-0.05, 0) is 118 Å². The van der Waals surface area contributed by atoms with Crippen molar-refractivity contribution in [2.75, 3.05) is 7.11 Å². The monoisotopic (exact) mass is 1050 g/mol. The minimum absolute atomic E-state index is 0.0341. The summed E-state index contributed by atoms with van der Waals surface area (Å²) in [6, 6.07) is 41.5. The summed E-state index contributed by atoms with van der Waals surface area (Å²) in [5, 5.41) is 2.29. The maximum Gasteiger partial charge on any atom is 0.416 e. The van der Waals surface area contributed by atoms with Crippen LogP contribution in [0.4, 0.5) is 22.0 Å². The molecule has 0 fully saturated rings. The number of methoxy groups -OCH3 is 1. The van der Waals surface area contributed by atoms with E-state index in [1.165, 1.54) is 44.0 Å². The molecule has 0 amide bonds. The Labute approximate surface area is 429 Å². The molecular weight excluding hydrogens is 1020 g/mol. The largest absolute Gasteiger partial charge is 0.497 e. The third-order valence-corrected chi connectivity index (χ3v) is 12.0. The number of hydrogen-bond donors (Lipinski definition) is 0. The van der Waals surface area contributed by atoms with Gasteiger partial charge in [-0.1, -0.05) is 107 Å². The van der Waals surface area contributed by atoms with E-state index in [2.05, 4.69) is 4.98 Å². The Morgan fingerprint density at radius 3 is 1.57 bits per heavy atom. The molecule has 366 valence electrons. The van der Waals surface area contributed by atoms with Crippen molar-refractivity contribution in [1.82, 2.24) is 18.7 Å². The zero-order valence-electron chi connectivity index (χ0n) is 37.8. The summed E-state index contributed by atoms with van der Waals surface area (Å²) in [5.41, 5.74) is 4.98. The molecule has 72 heavy (non-hydrogen) atoms. The topological polar surface area (TPSA) is 88.1 Å². The molecule has 3 aromatic heterocycles. The van der Waals surface area contributed by atoms with Crippen LogP contribution in [0.15, 0.2) is 197 Å². The van der Waals surface area contributed by atoms with Crippen LogP contribution in [0.2, 0.25) is 20.1 Å². The normalized spacial score (nSPS) is 11.0. The molecule has 0 aliphatic heterocycles. The Balaban J connectivity index is 0.000000159. The maximum absolute atomic E-state index is 13.8. The first-order chi connectivity index (χ1) is 34.4. The zero-order valence-corrected chi connectivity index (χ0v) is 40.8. The second kappa shape index (κ2) is 23.7. The van der Waals surface area contributed by atoms with E-state index in [1.54, 1.807) is 92.6 Å². The van der Waals surface area contributed by atoms with Crippen molar-refractivity contribution in [3.05, 3.63) is 268 Å². The Morgan fingerprint density at radius 1 is 0.514 bits per heavy atom. The lowest BCUT2D eigenvalue weighted by atomic mass is 10.1. The highest BCUT2D eigenvalue weighted by Crippen LogP contribution is 2.30. The summed E-state index contributed by atoms with van der Waals surface area (Å²) < 4.78 is 74.7. The molecule has 0 bridgehead atoms.